The van der Waals surface area contributed by atoms with Gasteiger partial charge in [0.15, 0.2) is 5.13 Å². The first-order valence-corrected chi connectivity index (χ1v) is 14.4. The number of esters is 1. The first-order chi connectivity index (χ1) is 19.7. The van der Waals surface area contributed by atoms with E-state index in [1.807, 2.05) is 13.0 Å². The number of aryl methyl sites for hydroxylation is 1. The Morgan fingerprint density at radius 2 is 2.00 bits per heavy atom. The summed E-state index contributed by atoms with van der Waals surface area (Å²) < 4.78 is 16.6. The van der Waals surface area contributed by atoms with Crippen LogP contribution in [0.4, 0.5) is 5.13 Å². The van der Waals surface area contributed by atoms with Crippen molar-refractivity contribution in [2.45, 2.75) is 58.6 Å². The molecule has 41 heavy (non-hydrogen) atoms. The average Bonchev–Trinajstić information content (AvgIpc) is 3.62. The van der Waals surface area contributed by atoms with E-state index in [-0.39, 0.29) is 27.4 Å². The molecule has 2 aromatic carbocycles. The third-order valence-corrected chi connectivity index (χ3v) is 8.30. The fraction of sp³-hybridized carbons (Fsp3) is 0.355. The van der Waals surface area contributed by atoms with Gasteiger partial charge in [0.05, 0.1) is 31.0 Å². The molecule has 0 spiro atoms. The molecule has 0 saturated carbocycles. The molecule has 1 amide bonds. The molecule has 0 aliphatic carbocycles. The maximum absolute atomic E-state index is 13.6. The van der Waals surface area contributed by atoms with Crippen molar-refractivity contribution in [3.63, 3.8) is 0 Å². The highest BCUT2D eigenvalue weighted by Crippen LogP contribution is 2.45. The number of hydrogen-bond donors (Lipinski definition) is 1. The van der Waals surface area contributed by atoms with Gasteiger partial charge in [0.25, 0.3) is 5.78 Å². The highest BCUT2D eigenvalue weighted by Gasteiger charge is 2.48. The molecule has 3 aromatic rings. The topological polar surface area (TPSA) is 115 Å². The number of anilines is 1. The van der Waals surface area contributed by atoms with Gasteiger partial charge < -0.3 is 19.3 Å². The van der Waals surface area contributed by atoms with Crippen molar-refractivity contribution in [2.75, 3.05) is 18.6 Å². The smallest absolute Gasteiger partial charge is 0.350 e. The minimum Gasteiger partial charge on any atom is -0.507 e. The third kappa shape index (κ3) is 5.44. The predicted octanol–water partition coefficient (Wildman–Crippen LogP) is 5.76. The number of amides is 1. The fourth-order valence-corrected chi connectivity index (χ4v) is 6.17. The Hall–Kier alpha value is -4.18. The lowest BCUT2D eigenvalue weighted by Gasteiger charge is -2.23. The summed E-state index contributed by atoms with van der Waals surface area (Å²) in [4.78, 5) is 45.4. The molecule has 10 heteroatoms. The molecule has 2 atom stereocenters. The minimum absolute atomic E-state index is 0.00481. The summed E-state index contributed by atoms with van der Waals surface area (Å²) in [6, 6.07) is 11.3. The van der Waals surface area contributed by atoms with Crippen molar-refractivity contribution in [1.29, 1.82) is 0 Å². The Balaban J connectivity index is 1.63. The van der Waals surface area contributed by atoms with Gasteiger partial charge in [-0.3, -0.25) is 14.5 Å². The Morgan fingerprint density at radius 3 is 2.76 bits per heavy atom. The number of aliphatic hydroxyl groups is 1. The molecule has 5 rings (SSSR count). The first-order valence-electron chi connectivity index (χ1n) is 13.6. The van der Waals surface area contributed by atoms with Crippen molar-refractivity contribution in [3.05, 3.63) is 75.3 Å². The highest BCUT2D eigenvalue weighted by atomic mass is 32.1. The SMILES string of the molecule is CCCCCOc1cccc([C@@H]2C(=C(O)c3ccc4c(c3)C[C@@H](C)O4)C(=O)C(=O)N2c2nc(C)c(C(=O)OC)s2)c1. The molecule has 2 aliphatic heterocycles. The predicted molar refractivity (Wildman–Crippen MR) is 155 cm³/mol. The van der Waals surface area contributed by atoms with Gasteiger partial charge in [-0.15, -0.1) is 0 Å². The lowest BCUT2D eigenvalue weighted by Crippen LogP contribution is -2.29. The van der Waals surface area contributed by atoms with E-state index < -0.39 is 23.7 Å². The van der Waals surface area contributed by atoms with Gasteiger partial charge >= 0.3 is 11.9 Å². The largest absolute Gasteiger partial charge is 0.507 e. The van der Waals surface area contributed by atoms with Crippen LogP contribution in [0.2, 0.25) is 0 Å². The molecular weight excluding hydrogens is 544 g/mol. The van der Waals surface area contributed by atoms with E-state index in [0.717, 1.165) is 41.9 Å². The molecular formula is C31H32N2O7S. The average molecular weight is 577 g/mol. The second-order valence-corrected chi connectivity index (χ2v) is 11.1. The second-order valence-electron chi connectivity index (χ2n) is 10.2. The van der Waals surface area contributed by atoms with E-state index in [1.165, 1.54) is 12.0 Å². The summed E-state index contributed by atoms with van der Waals surface area (Å²) in [5, 5.41) is 11.7. The zero-order chi connectivity index (χ0) is 29.3. The van der Waals surface area contributed by atoms with Crippen molar-refractivity contribution < 1.29 is 33.7 Å². The normalized spacial score (nSPS) is 19.3. The fourth-order valence-electron chi connectivity index (χ4n) is 5.15. The molecule has 214 valence electrons. The van der Waals surface area contributed by atoms with Crippen molar-refractivity contribution in [1.82, 2.24) is 4.98 Å². The Bertz CT molecular complexity index is 1540. The summed E-state index contributed by atoms with van der Waals surface area (Å²) >= 11 is 0.958. The van der Waals surface area contributed by atoms with Gasteiger partial charge in [-0.2, -0.15) is 0 Å². The van der Waals surface area contributed by atoms with Crippen LogP contribution in [0, 0.1) is 6.92 Å². The van der Waals surface area contributed by atoms with Crippen LogP contribution in [0.1, 0.15) is 71.2 Å². The van der Waals surface area contributed by atoms with E-state index >= 15 is 0 Å². The maximum Gasteiger partial charge on any atom is 0.350 e. The van der Waals surface area contributed by atoms with E-state index in [4.69, 9.17) is 14.2 Å². The monoisotopic (exact) mass is 576 g/mol. The number of benzene rings is 2. The Morgan fingerprint density at radius 1 is 1.20 bits per heavy atom. The van der Waals surface area contributed by atoms with Crippen LogP contribution in [0.5, 0.6) is 11.5 Å². The Labute approximate surface area is 242 Å². The van der Waals surface area contributed by atoms with Crippen LogP contribution in [0.3, 0.4) is 0 Å². The summed E-state index contributed by atoms with van der Waals surface area (Å²) in [6.07, 6.45) is 3.67. The van der Waals surface area contributed by atoms with E-state index in [1.54, 1.807) is 43.3 Å². The van der Waals surface area contributed by atoms with Gasteiger partial charge in [0.1, 0.15) is 28.2 Å². The van der Waals surface area contributed by atoms with Crippen molar-refractivity contribution in [3.8, 4) is 11.5 Å². The van der Waals surface area contributed by atoms with Crippen LogP contribution in [0.15, 0.2) is 48.0 Å². The molecule has 0 radical (unpaired) electrons. The lowest BCUT2D eigenvalue weighted by atomic mass is 9.94. The molecule has 1 N–H and O–H groups in total. The number of ketones is 1. The number of ether oxygens (including phenoxy) is 3. The third-order valence-electron chi connectivity index (χ3n) is 7.17. The van der Waals surface area contributed by atoms with Crippen LogP contribution in [0.25, 0.3) is 5.76 Å². The molecule has 9 nitrogen and oxygen atoms in total. The summed E-state index contributed by atoms with van der Waals surface area (Å²) in [7, 11) is 1.27. The number of nitrogens with zero attached hydrogens (tertiary/aromatic N) is 2. The summed E-state index contributed by atoms with van der Waals surface area (Å²) in [5.41, 5.74) is 2.18. The van der Waals surface area contributed by atoms with Gasteiger partial charge in [0.2, 0.25) is 0 Å². The lowest BCUT2D eigenvalue weighted by molar-refractivity contribution is -0.132. The Kier molecular flexibility index (Phi) is 8.12. The molecule has 0 unspecified atom stereocenters. The number of unbranched alkanes of at least 4 members (excludes halogenated alkanes) is 2. The number of thiazole rings is 1. The number of Topliss-reactive ketones (excluding diaryl/α,β-unsaturated/α-hetero) is 1. The van der Waals surface area contributed by atoms with E-state index in [0.29, 0.717) is 35.6 Å². The van der Waals surface area contributed by atoms with Crippen LogP contribution >= 0.6 is 11.3 Å². The number of carbonyl (C=O) groups is 3. The maximum atomic E-state index is 13.6. The molecule has 1 aromatic heterocycles. The second kappa shape index (κ2) is 11.7. The van der Waals surface area contributed by atoms with Gasteiger partial charge in [-0.25, -0.2) is 9.78 Å². The summed E-state index contributed by atoms with van der Waals surface area (Å²) in [6.45, 7) is 6.24. The number of hydrogen-bond acceptors (Lipinski definition) is 9. The van der Waals surface area contributed by atoms with Crippen molar-refractivity contribution in [2.24, 2.45) is 0 Å². The minimum atomic E-state index is -1.01. The molecule has 2 aliphatic rings. The quantitative estimate of drug-likeness (QED) is 0.112. The van der Waals surface area contributed by atoms with E-state index in [2.05, 4.69) is 11.9 Å². The number of aliphatic hydroxyl groups excluding tert-OH is 1. The number of fused-ring (bicyclic) bond motifs is 1. The number of methoxy groups -OCH3 is 1. The zero-order valence-corrected chi connectivity index (χ0v) is 24.2. The van der Waals surface area contributed by atoms with Crippen LogP contribution in [-0.4, -0.2) is 47.6 Å². The van der Waals surface area contributed by atoms with Crippen LogP contribution in [-0.2, 0) is 20.7 Å². The van der Waals surface area contributed by atoms with Gasteiger partial charge in [-0.05, 0) is 61.7 Å². The highest BCUT2D eigenvalue weighted by molar-refractivity contribution is 7.17. The first kappa shape index (κ1) is 28.4. The number of rotatable bonds is 9. The number of aromatic nitrogens is 1. The molecule has 1 saturated heterocycles. The van der Waals surface area contributed by atoms with E-state index in [9.17, 15) is 19.5 Å². The number of carbonyl (C=O) groups excluding carboxylic acids is 3. The van der Waals surface area contributed by atoms with Gasteiger partial charge in [0, 0.05) is 12.0 Å². The van der Waals surface area contributed by atoms with Crippen LogP contribution < -0.4 is 14.4 Å². The zero-order valence-electron chi connectivity index (χ0n) is 23.4. The summed E-state index contributed by atoms with van der Waals surface area (Å²) in [5.74, 6) is -1.27. The van der Waals surface area contributed by atoms with Crippen molar-refractivity contribution >= 4 is 39.9 Å². The molecule has 0 bridgehead atoms. The molecule has 1 fully saturated rings. The standard InChI is InChI=1S/C31H32N2O7S/c1-5-6-7-13-39-22-10-8-9-19(16-22)25-24(26(34)20-11-12-23-21(15-20)14-17(2)40-23)27(35)29(36)33(25)31-32-18(3)28(41-31)30(37)38-4/h8-12,15-17,25,34H,5-7,13-14H2,1-4H3/t17-,25-/m1/s1. The van der Waals surface area contributed by atoms with Gasteiger partial charge in [-0.1, -0.05) is 43.2 Å². The molecule has 3 heterocycles.